The van der Waals surface area contributed by atoms with E-state index in [9.17, 15) is 9.90 Å². The van der Waals surface area contributed by atoms with Crippen LogP contribution < -0.4 is 5.73 Å². The monoisotopic (exact) mass is 418 g/mol. The van der Waals surface area contributed by atoms with E-state index in [-0.39, 0.29) is 18.4 Å². The number of nitrogens with two attached hydrogens (primary N) is 1. The summed E-state index contributed by atoms with van der Waals surface area (Å²) in [7, 11) is 0. The number of rotatable bonds is 7. The molecule has 0 aliphatic carbocycles. The molecule has 2 aromatic rings. The lowest BCUT2D eigenvalue weighted by Crippen LogP contribution is -2.34. The number of thioether (sulfide) groups is 1. The molecule has 8 heteroatoms. The summed E-state index contributed by atoms with van der Waals surface area (Å²) in [6.07, 6.45) is 0.950. The van der Waals surface area contributed by atoms with Gasteiger partial charge in [0.25, 0.3) is 5.91 Å². The molecule has 0 saturated carbocycles. The zero-order valence-electron chi connectivity index (χ0n) is 17.3. The van der Waals surface area contributed by atoms with Crippen LogP contribution in [0.4, 0.5) is 0 Å². The van der Waals surface area contributed by atoms with E-state index in [1.807, 2.05) is 24.3 Å². The molecule has 29 heavy (non-hydrogen) atoms. The van der Waals surface area contributed by atoms with Gasteiger partial charge in [-0.15, -0.1) is 5.10 Å². The largest absolute Gasteiger partial charge is 0.395 e. The lowest BCUT2D eigenvalue weighted by Gasteiger charge is -2.26. The molecule has 1 aromatic heterocycles. The molecule has 0 amide bonds. The highest BCUT2D eigenvalue weighted by Gasteiger charge is 2.34. The molecule has 1 aromatic carbocycles. The van der Waals surface area contributed by atoms with Gasteiger partial charge in [0.15, 0.2) is 11.0 Å². The second-order valence-corrected chi connectivity index (χ2v) is 9.21. The van der Waals surface area contributed by atoms with Crippen LogP contribution in [0, 0.1) is 11.3 Å². The maximum atomic E-state index is 13.0. The van der Waals surface area contributed by atoms with Crippen molar-refractivity contribution < 1.29 is 14.6 Å². The van der Waals surface area contributed by atoms with E-state index >= 15 is 0 Å². The van der Waals surface area contributed by atoms with Crippen molar-refractivity contribution in [3.8, 4) is 0 Å². The molecule has 0 spiro atoms. The Bertz CT molecular complexity index is 835. The Morgan fingerprint density at radius 2 is 2.03 bits per heavy atom. The normalized spacial score (nSPS) is 20.0. The Hall–Kier alpha value is -1.74. The first-order valence-electron chi connectivity index (χ1n) is 9.96. The van der Waals surface area contributed by atoms with Gasteiger partial charge in [-0.2, -0.15) is 4.68 Å². The van der Waals surface area contributed by atoms with Crippen molar-refractivity contribution in [2.75, 3.05) is 19.8 Å². The predicted molar refractivity (Wildman–Crippen MR) is 113 cm³/mol. The van der Waals surface area contributed by atoms with Crippen LogP contribution in [0.25, 0.3) is 0 Å². The number of aromatic nitrogens is 3. The number of carbonyl (C=O) groups excluding carboxylic acids is 1. The van der Waals surface area contributed by atoms with E-state index in [0.29, 0.717) is 35.8 Å². The van der Waals surface area contributed by atoms with Crippen molar-refractivity contribution in [2.24, 2.45) is 17.1 Å². The van der Waals surface area contributed by atoms with Crippen LogP contribution in [0.15, 0.2) is 29.4 Å². The topological polar surface area (TPSA) is 103 Å². The van der Waals surface area contributed by atoms with E-state index in [0.717, 1.165) is 24.2 Å². The van der Waals surface area contributed by atoms with Gasteiger partial charge in [-0.05, 0) is 37.3 Å². The van der Waals surface area contributed by atoms with Crippen molar-refractivity contribution in [1.29, 1.82) is 0 Å². The Balaban J connectivity index is 1.87. The van der Waals surface area contributed by atoms with Gasteiger partial charge in [0.1, 0.15) is 0 Å². The summed E-state index contributed by atoms with van der Waals surface area (Å²) in [6.45, 7) is 7.15. The number of aliphatic hydroxyl groups is 1. The van der Waals surface area contributed by atoms with E-state index in [1.165, 1.54) is 16.4 Å². The molecule has 3 N–H and O–H groups in total. The maximum Gasteiger partial charge on any atom is 0.257 e. The number of benzene rings is 1. The minimum absolute atomic E-state index is 0.0678. The summed E-state index contributed by atoms with van der Waals surface area (Å²) in [5.74, 6) is 1.50. The summed E-state index contributed by atoms with van der Waals surface area (Å²) in [4.78, 5) is 17.7. The van der Waals surface area contributed by atoms with Crippen molar-refractivity contribution in [3.05, 3.63) is 41.2 Å². The van der Waals surface area contributed by atoms with Gasteiger partial charge < -0.3 is 15.6 Å². The number of carbonyl (C=O) groups is 1. The molecular weight excluding hydrogens is 388 g/mol. The third kappa shape index (κ3) is 5.06. The fraction of sp³-hybridized carbons (Fsp3) is 0.571. The third-order valence-electron chi connectivity index (χ3n) is 5.42. The van der Waals surface area contributed by atoms with Crippen molar-refractivity contribution in [1.82, 2.24) is 14.8 Å². The van der Waals surface area contributed by atoms with Gasteiger partial charge >= 0.3 is 0 Å². The van der Waals surface area contributed by atoms with Gasteiger partial charge in [-0.3, -0.25) is 4.79 Å². The average molecular weight is 419 g/mol. The minimum atomic E-state index is -0.933. The fourth-order valence-corrected chi connectivity index (χ4v) is 4.04. The first-order valence-corrected chi connectivity index (χ1v) is 11.0. The lowest BCUT2D eigenvalue weighted by atomic mass is 9.90. The molecule has 0 radical (unpaired) electrons. The Kier molecular flexibility index (Phi) is 7.10. The summed E-state index contributed by atoms with van der Waals surface area (Å²) in [6, 6.07) is 8.08. The predicted octanol–water partition coefficient (Wildman–Crippen LogP) is 2.83. The van der Waals surface area contributed by atoms with Crippen LogP contribution in [-0.2, 0) is 17.0 Å². The maximum absolute atomic E-state index is 13.0. The molecule has 2 unspecified atom stereocenters. The van der Waals surface area contributed by atoms with Crippen LogP contribution in [0.2, 0.25) is 0 Å². The number of hydrogen-bond acceptors (Lipinski definition) is 7. The van der Waals surface area contributed by atoms with Crippen LogP contribution in [0.3, 0.4) is 0 Å². The Morgan fingerprint density at radius 3 is 2.66 bits per heavy atom. The molecule has 0 bridgehead atoms. The Labute approximate surface area is 176 Å². The molecule has 1 aliphatic heterocycles. The van der Waals surface area contributed by atoms with Crippen LogP contribution in [-0.4, -0.2) is 45.6 Å². The average Bonchev–Trinajstić information content (AvgIpc) is 3.16. The van der Waals surface area contributed by atoms with Gasteiger partial charge in [0, 0.05) is 24.8 Å². The fourth-order valence-electron chi connectivity index (χ4n) is 3.14. The van der Waals surface area contributed by atoms with Gasteiger partial charge in [0.05, 0.1) is 18.6 Å². The number of ether oxygens (including phenoxy) is 1. The zero-order valence-corrected chi connectivity index (χ0v) is 18.1. The van der Waals surface area contributed by atoms with Crippen molar-refractivity contribution >= 4 is 17.7 Å². The van der Waals surface area contributed by atoms with Gasteiger partial charge in [-0.1, -0.05) is 43.0 Å². The first-order chi connectivity index (χ1) is 13.9. The van der Waals surface area contributed by atoms with Gasteiger partial charge in [-0.25, -0.2) is 4.98 Å². The number of hydrogen-bond donors (Lipinski definition) is 2. The molecule has 2 heterocycles. The molecule has 1 fully saturated rings. The number of aliphatic hydroxyl groups excluding tert-OH is 1. The van der Waals surface area contributed by atoms with Crippen LogP contribution in [0.5, 0.6) is 0 Å². The molecule has 158 valence electrons. The summed E-state index contributed by atoms with van der Waals surface area (Å²) in [5, 5.41) is 14.8. The molecule has 1 saturated heterocycles. The Morgan fingerprint density at radius 1 is 1.34 bits per heavy atom. The van der Waals surface area contributed by atoms with Crippen LogP contribution in [0.1, 0.15) is 54.9 Å². The van der Waals surface area contributed by atoms with E-state index in [1.54, 1.807) is 13.8 Å². The highest BCUT2D eigenvalue weighted by atomic mass is 32.2. The van der Waals surface area contributed by atoms with Crippen molar-refractivity contribution in [2.45, 2.75) is 50.6 Å². The minimum Gasteiger partial charge on any atom is -0.395 e. The standard InChI is InChI=1S/C21H30N4O3S/c1-14-8-9-28-11-17(14)18-23-20(25(24-18)19(27)21(2,3)13-26)29-12-16-6-4-15(10-22)5-7-16/h4-7,14,17,26H,8-13,22H2,1-3H3. The summed E-state index contributed by atoms with van der Waals surface area (Å²) >= 11 is 1.47. The first kappa shape index (κ1) is 22.0. The van der Waals surface area contributed by atoms with E-state index in [2.05, 4.69) is 12.0 Å². The highest BCUT2D eigenvalue weighted by molar-refractivity contribution is 7.98. The molecule has 2 atom stereocenters. The van der Waals surface area contributed by atoms with Crippen molar-refractivity contribution in [3.63, 3.8) is 0 Å². The zero-order chi connectivity index (χ0) is 21.0. The summed E-state index contributed by atoms with van der Waals surface area (Å²) in [5.41, 5.74) is 6.93. The second kappa shape index (κ2) is 9.38. The SMILES string of the molecule is CC1CCOCC1c1nc(SCc2ccc(CN)cc2)n(C(=O)C(C)(C)CO)n1. The molecule has 7 nitrogen and oxygen atoms in total. The highest BCUT2D eigenvalue weighted by Crippen LogP contribution is 2.32. The van der Waals surface area contributed by atoms with E-state index in [4.69, 9.17) is 15.5 Å². The molecule has 3 rings (SSSR count). The number of nitrogens with zero attached hydrogens (tertiary/aromatic N) is 3. The van der Waals surface area contributed by atoms with E-state index < -0.39 is 5.41 Å². The third-order valence-corrected chi connectivity index (χ3v) is 6.42. The molecule has 1 aliphatic rings. The smallest absolute Gasteiger partial charge is 0.257 e. The van der Waals surface area contributed by atoms with Gasteiger partial charge in [0.2, 0.25) is 0 Å². The quantitative estimate of drug-likeness (QED) is 0.666. The van der Waals surface area contributed by atoms with Crippen LogP contribution >= 0.6 is 11.8 Å². The summed E-state index contributed by atoms with van der Waals surface area (Å²) < 4.78 is 6.99. The molecular formula is C21H30N4O3S. The second-order valence-electron chi connectivity index (χ2n) is 8.27. The lowest BCUT2D eigenvalue weighted by molar-refractivity contribution is 0.0488.